The molecule has 2 atom stereocenters. The van der Waals surface area contributed by atoms with E-state index in [1.54, 1.807) is 0 Å². The van der Waals surface area contributed by atoms with Gasteiger partial charge in [0.15, 0.2) is 11.3 Å². The van der Waals surface area contributed by atoms with Crippen molar-refractivity contribution in [1.29, 1.82) is 0 Å². The SMILES string of the molecule is COC(=O)[C@@H](N)Cc1ccc(O[B-]23n4c5c6ccc(I)cc6c4N=c4c6ccccc6c(n42)=NC2=[N+]3C(=N5)c3ccc(I)cc32)cc1. The molecule has 228 valence electrons. The number of carbonyl (C=O) groups is 1. The van der Waals surface area contributed by atoms with Crippen LogP contribution in [0.1, 0.15) is 16.7 Å². The third kappa shape index (κ3) is 3.56. The van der Waals surface area contributed by atoms with Gasteiger partial charge in [-0.05, 0) is 112 Å². The van der Waals surface area contributed by atoms with E-state index in [-0.39, 0.29) is 0 Å². The molecular weight excluding hydrogens is 819 g/mol. The van der Waals surface area contributed by atoms with Crippen LogP contribution in [0.15, 0.2) is 99.9 Å². The fourth-order valence-electron chi connectivity index (χ4n) is 7.57. The average Bonchev–Trinajstić information content (AvgIpc) is 3.70. The number of ether oxygens (including phenoxy) is 1. The number of esters is 1. The first-order chi connectivity index (χ1) is 22.9. The zero-order valence-electron chi connectivity index (χ0n) is 24.7. The maximum Gasteiger partial charge on any atom is 0.568 e. The molecule has 0 spiro atoms. The van der Waals surface area contributed by atoms with E-state index in [9.17, 15) is 4.79 Å². The zero-order valence-corrected chi connectivity index (χ0v) is 29.0. The fourth-order valence-corrected chi connectivity index (χ4v) is 8.55. The van der Waals surface area contributed by atoms with Gasteiger partial charge in [0.05, 0.1) is 24.0 Å². The summed E-state index contributed by atoms with van der Waals surface area (Å²) in [6.45, 7) is -2.33. The van der Waals surface area contributed by atoms with E-state index < -0.39 is 18.8 Å². The molecule has 2 aromatic heterocycles. The largest absolute Gasteiger partial charge is 0.648 e. The van der Waals surface area contributed by atoms with Crippen LogP contribution in [0.2, 0.25) is 0 Å². The van der Waals surface area contributed by atoms with Crippen molar-refractivity contribution in [1.82, 2.24) is 8.96 Å². The van der Waals surface area contributed by atoms with Crippen molar-refractivity contribution in [2.75, 3.05) is 7.11 Å². The van der Waals surface area contributed by atoms with Gasteiger partial charge in [-0.2, -0.15) is 0 Å². The van der Waals surface area contributed by atoms with Crippen LogP contribution >= 0.6 is 45.2 Å². The van der Waals surface area contributed by atoms with Crippen LogP contribution in [0.25, 0.3) is 21.5 Å². The summed E-state index contributed by atoms with van der Waals surface area (Å²) in [5.41, 5.74) is 10.6. The van der Waals surface area contributed by atoms with Crippen molar-refractivity contribution in [3.63, 3.8) is 0 Å². The number of hydrogen-bond donors (Lipinski definition) is 1. The van der Waals surface area contributed by atoms with Crippen LogP contribution in [0.5, 0.6) is 5.75 Å². The second-order valence-electron chi connectivity index (χ2n) is 12.1. The van der Waals surface area contributed by atoms with Gasteiger partial charge in [-0.15, -0.1) is 0 Å². The van der Waals surface area contributed by atoms with Gasteiger partial charge in [0.25, 0.3) is 0 Å². The zero-order chi connectivity index (χ0) is 31.8. The van der Waals surface area contributed by atoms with Crippen molar-refractivity contribution in [3.8, 4) is 5.75 Å². The number of methoxy groups -OCH3 is 1. The maximum atomic E-state index is 12.0. The Labute approximate surface area is 294 Å². The van der Waals surface area contributed by atoms with Crippen molar-refractivity contribution in [2.24, 2.45) is 20.7 Å². The van der Waals surface area contributed by atoms with Gasteiger partial charge in [0.2, 0.25) is 11.7 Å². The van der Waals surface area contributed by atoms with Crippen LogP contribution in [0, 0.1) is 7.14 Å². The monoisotopic (exact) mass is 841 g/mol. The second kappa shape index (κ2) is 9.61. The molecule has 0 radical (unpaired) electrons. The van der Waals surface area contributed by atoms with Gasteiger partial charge in [0.1, 0.15) is 17.3 Å². The molecule has 4 aliphatic rings. The highest BCUT2D eigenvalue weighted by atomic mass is 127. The summed E-state index contributed by atoms with van der Waals surface area (Å²) >= 11 is 4.71. The lowest BCUT2D eigenvalue weighted by Gasteiger charge is -2.47. The summed E-state index contributed by atoms with van der Waals surface area (Å²) < 4.78 is 21.1. The van der Waals surface area contributed by atoms with Gasteiger partial charge < -0.3 is 28.6 Å². The molecule has 13 heteroatoms. The molecule has 2 N–H and O–H groups in total. The number of aliphatic imine (C=N–C) groups is 1. The highest BCUT2D eigenvalue weighted by Gasteiger charge is 2.59. The van der Waals surface area contributed by atoms with Crippen LogP contribution in [0.4, 0.5) is 11.6 Å². The van der Waals surface area contributed by atoms with E-state index in [2.05, 4.69) is 107 Å². The third-order valence-electron chi connectivity index (χ3n) is 9.53. The minimum absolute atomic E-state index is 0.350. The topological polar surface area (TPSA) is 111 Å². The van der Waals surface area contributed by atoms with E-state index in [1.165, 1.54) is 7.11 Å². The minimum atomic E-state index is -2.33. The van der Waals surface area contributed by atoms with E-state index in [1.807, 2.05) is 36.4 Å². The third-order valence-corrected chi connectivity index (χ3v) is 10.9. The Bertz CT molecular complexity index is 2640. The van der Waals surface area contributed by atoms with Crippen molar-refractivity contribution < 1.29 is 18.7 Å². The molecule has 0 fully saturated rings. The fraction of sp³-hybridized carbons (Fsp3) is 0.0882. The number of amidine groups is 2. The number of halogens is 2. The number of fused-ring (bicyclic) bond motifs is 9. The minimum Gasteiger partial charge on any atom is -0.648 e. The van der Waals surface area contributed by atoms with Crippen LogP contribution in [-0.4, -0.2) is 51.0 Å². The van der Waals surface area contributed by atoms with Gasteiger partial charge >= 0.3 is 12.7 Å². The van der Waals surface area contributed by atoms with E-state index in [4.69, 9.17) is 30.1 Å². The Hall–Kier alpha value is -4.35. The maximum absolute atomic E-state index is 12.0. The predicted octanol–water partition coefficient (Wildman–Crippen LogP) is 4.52. The van der Waals surface area contributed by atoms with E-state index in [0.717, 1.165) is 79.7 Å². The Balaban J connectivity index is 1.32. The van der Waals surface area contributed by atoms with Gasteiger partial charge in [-0.3, -0.25) is 4.79 Å². The number of carbonyl (C=O) groups excluding carboxylic acids is 1. The molecule has 0 aliphatic carbocycles. The molecule has 0 saturated heterocycles. The lowest BCUT2D eigenvalue weighted by molar-refractivity contribution is -0.291. The van der Waals surface area contributed by atoms with Crippen molar-refractivity contribution in [2.45, 2.75) is 12.5 Å². The first-order valence-electron chi connectivity index (χ1n) is 15.1. The molecule has 4 aliphatic heterocycles. The first-order valence-corrected chi connectivity index (χ1v) is 17.3. The number of hydrogen-bond acceptors (Lipinski definition) is 7. The van der Waals surface area contributed by atoms with Crippen LogP contribution in [0.3, 0.4) is 0 Å². The van der Waals surface area contributed by atoms with Gasteiger partial charge in [-0.25, -0.2) is 4.99 Å². The highest BCUT2D eigenvalue weighted by molar-refractivity contribution is 14.1. The number of aromatic nitrogens is 2. The summed E-state index contributed by atoms with van der Waals surface area (Å²) in [5, 5.41) is 4.03. The molecule has 47 heavy (non-hydrogen) atoms. The van der Waals surface area contributed by atoms with Crippen molar-refractivity contribution >= 4 is 103 Å². The molecule has 6 heterocycles. The standard InChI is InChI=1S/C34H22BI2N7O3/c1-46-34(45)27(38)14-17-6-10-20(11-7-17)47-35-42-28-21-4-2-3-5-22(21)29(42)41-33-26-16-19(37)9-13-24(26)31(44(33)35)39-30-23-12-8-18(36)15-25(23)32(40-28)43(30)35/h2-13,15-16,27H,14,38H2,1H3/t27-/m0/s1. The summed E-state index contributed by atoms with van der Waals surface area (Å²) in [4.78, 5) is 28.1. The Morgan fingerprint density at radius 3 is 2.30 bits per heavy atom. The first kappa shape index (κ1) is 27.7. The number of nitrogens with two attached hydrogens (primary N) is 1. The second-order valence-corrected chi connectivity index (χ2v) is 14.6. The number of rotatable bonds is 5. The molecule has 6 aromatic rings. The Morgan fingerprint density at radius 1 is 0.830 bits per heavy atom. The van der Waals surface area contributed by atoms with Crippen LogP contribution in [-0.2, 0) is 16.0 Å². The Morgan fingerprint density at radius 2 is 1.53 bits per heavy atom. The Kier molecular flexibility index (Phi) is 5.67. The van der Waals surface area contributed by atoms with Crippen LogP contribution < -0.4 is 21.4 Å². The summed E-state index contributed by atoms with van der Waals surface area (Å²) in [5.74, 6) is 3.39. The molecule has 0 bridgehead atoms. The molecule has 0 amide bonds. The van der Waals surface area contributed by atoms with E-state index in [0.29, 0.717) is 12.2 Å². The van der Waals surface area contributed by atoms with E-state index >= 15 is 0 Å². The lowest BCUT2D eigenvalue weighted by atomic mass is 9.75. The highest BCUT2D eigenvalue weighted by Crippen LogP contribution is 2.47. The summed E-state index contributed by atoms with van der Waals surface area (Å²) in [7, 11) is 1.35. The van der Waals surface area contributed by atoms with Gasteiger partial charge in [0, 0.05) is 28.7 Å². The normalized spacial score (nSPS) is 18.3. The summed E-state index contributed by atoms with van der Waals surface area (Å²) in [6.07, 6.45) is 0.350. The number of benzene rings is 4. The molecule has 1 unspecified atom stereocenters. The predicted molar refractivity (Wildman–Crippen MR) is 196 cm³/mol. The number of nitrogens with zero attached hydrogens (tertiary/aromatic N) is 6. The molecule has 4 aromatic carbocycles. The molecular formula is C34H22BI2N7O3. The van der Waals surface area contributed by atoms with Gasteiger partial charge in [-0.1, -0.05) is 40.3 Å². The lowest BCUT2D eigenvalue weighted by Crippen LogP contribution is -2.75. The molecule has 0 saturated carbocycles. The molecule has 10 rings (SSSR count). The molecule has 10 nitrogen and oxygen atoms in total. The van der Waals surface area contributed by atoms with Crippen molar-refractivity contribution in [3.05, 3.63) is 120 Å². The summed E-state index contributed by atoms with van der Waals surface area (Å²) in [6, 6.07) is 28.1. The smallest absolute Gasteiger partial charge is 0.568 e. The quantitative estimate of drug-likeness (QED) is 0.157. The average molecular weight is 841 g/mol.